The minimum atomic E-state index is -0.0527. The number of hydrogen-bond donors (Lipinski definition) is 0. The fourth-order valence-corrected chi connectivity index (χ4v) is 2.72. The van der Waals surface area contributed by atoms with E-state index in [0.717, 1.165) is 6.16 Å². The van der Waals surface area contributed by atoms with Crippen molar-refractivity contribution in [2.24, 2.45) is 5.92 Å². The maximum atomic E-state index is 12.1. The third-order valence-electron chi connectivity index (χ3n) is 2.08. The lowest BCUT2D eigenvalue weighted by atomic mass is 10.2. The zero-order valence-electron chi connectivity index (χ0n) is 9.96. The highest BCUT2D eigenvalue weighted by molar-refractivity contribution is 7.40. The quantitative estimate of drug-likeness (QED) is 0.796. The Hall–Kier alpha value is -0.270. The molecule has 94 valence electrons. The molecule has 0 aliphatic rings. The van der Waals surface area contributed by atoms with E-state index in [9.17, 15) is 5.11 Å². The minimum Gasteiger partial charge on any atom is -0.823 e. The first-order valence-corrected chi connectivity index (χ1v) is 7.04. The molecule has 0 amide bonds. The maximum absolute atomic E-state index is 12.1. The van der Waals surface area contributed by atoms with Crippen molar-refractivity contribution in [3.8, 4) is 5.75 Å². The van der Waals surface area contributed by atoms with E-state index in [0.29, 0.717) is 35.5 Å². The first-order chi connectivity index (χ1) is 7.97. The van der Waals surface area contributed by atoms with E-state index in [1.807, 2.05) is 0 Å². The summed E-state index contributed by atoms with van der Waals surface area (Å²) in [6.45, 7) is 4.13. The molecule has 1 rings (SSSR count). The van der Waals surface area contributed by atoms with Gasteiger partial charge in [0.15, 0.2) is 0 Å². The topological polar surface area (TPSA) is 32.3 Å². The predicted molar refractivity (Wildman–Crippen MR) is 73.7 cm³/mol. The van der Waals surface area contributed by atoms with Crippen molar-refractivity contribution in [3.63, 3.8) is 0 Å². The smallest absolute Gasteiger partial charge is 0.145 e. The standard InChI is InChI=1S/C12H15Cl2O2P/c1-7(2)6-17-12(15)10-8(13)4-5-9(14)11(10)16-3/h4-5,7,15H,6H2,1-3H3/p-1. The van der Waals surface area contributed by atoms with Gasteiger partial charge < -0.3 is 9.84 Å². The van der Waals surface area contributed by atoms with Crippen molar-refractivity contribution in [1.82, 2.24) is 0 Å². The van der Waals surface area contributed by atoms with Gasteiger partial charge in [-0.3, -0.25) is 0 Å². The number of hydrogen-bond acceptors (Lipinski definition) is 2. The van der Waals surface area contributed by atoms with Crippen LogP contribution in [0.3, 0.4) is 0 Å². The third kappa shape index (κ3) is 3.86. The predicted octanol–water partition coefficient (Wildman–Crippen LogP) is 3.44. The van der Waals surface area contributed by atoms with Crippen molar-refractivity contribution in [2.75, 3.05) is 13.3 Å². The second kappa shape index (κ2) is 6.61. The Morgan fingerprint density at radius 1 is 1.35 bits per heavy atom. The Kier molecular flexibility index (Phi) is 5.75. The lowest BCUT2D eigenvalue weighted by Crippen LogP contribution is -2.18. The minimum absolute atomic E-state index is 0.0527. The van der Waals surface area contributed by atoms with Gasteiger partial charge in [-0.2, -0.15) is 0 Å². The van der Waals surface area contributed by atoms with E-state index >= 15 is 0 Å². The van der Waals surface area contributed by atoms with Crippen LogP contribution < -0.4 is 9.84 Å². The van der Waals surface area contributed by atoms with Crippen LogP contribution in [0.4, 0.5) is 0 Å². The molecule has 0 saturated carbocycles. The highest BCUT2D eigenvalue weighted by atomic mass is 35.5. The van der Waals surface area contributed by atoms with Gasteiger partial charge in [-0.1, -0.05) is 37.0 Å². The van der Waals surface area contributed by atoms with Gasteiger partial charge in [0.1, 0.15) is 5.75 Å². The highest BCUT2D eigenvalue weighted by Crippen LogP contribution is 2.34. The van der Waals surface area contributed by atoms with Gasteiger partial charge in [0, 0.05) is 5.56 Å². The van der Waals surface area contributed by atoms with Gasteiger partial charge in [-0.05, 0) is 24.2 Å². The maximum Gasteiger partial charge on any atom is 0.145 e. The van der Waals surface area contributed by atoms with E-state index in [1.165, 1.54) is 7.11 Å². The van der Waals surface area contributed by atoms with E-state index in [1.54, 1.807) is 12.1 Å². The summed E-state index contributed by atoms with van der Waals surface area (Å²) in [6.07, 6.45) is 0.796. The molecule has 0 spiro atoms. The molecule has 0 aromatic heterocycles. The largest absolute Gasteiger partial charge is 0.823 e. The Morgan fingerprint density at radius 3 is 2.47 bits per heavy atom. The van der Waals surface area contributed by atoms with Crippen molar-refractivity contribution < 1.29 is 9.84 Å². The molecule has 1 aromatic carbocycles. The Bertz CT molecular complexity index is 431. The monoisotopic (exact) mass is 291 g/mol. The molecule has 0 atom stereocenters. The van der Waals surface area contributed by atoms with Crippen LogP contribution in [0, 0.1) is 5.92 Å². The van der Waals surface area contributed by atoms with Crippen LogP contribution in [0.25, 0.3) is 0 Å². The van der Waals surface area contributed by atoms with E-state index in [4.69, 9.17) is 27.9 Å². The molecule has 0 unspecified atom stereocenters. The lowest BCUT2D eigenvalue weighted by Gasteiger charge is -2.18. The van der Waals surface area contributed by atoms with Crippen LogP contribution in [0.15, 0.2) is 12.1 Å². The summed E-state index contributed by atoms with van der Waals surface area (Å²) >= 11 is 12.0. The van der Waals surface area contributed by atoms with E-state index < -0.39 is 0 Å². The van der Waals surface area contributed by atoms with Gasteiger partial charge in [0.25, 0.3) is 0 Å². The molecule has 5 heteroatoms. The number of benzene rings is 1. The molecule has 0 N–H and O–H groups in total. The molecule has 2 nitrogen and oxygen atoms in total. The fraction of sp³-hybridized carbons (Fsp3) is 0.417. The van der Waals surface area contributed by atoms with E-state index in [2.05, 4.69) is 13.8 Å². The Balaban J connectivity index is 3.20. The Morgan fingerprint density at radius 2 is 1.94 bits per heavy atom. The van der Waals surface area contributed by atoms with Crippen molar-refractivity contribution in [2.45, 2.75) is 13.8 Å². The van der Waals surface area contributed by atoms with Gasteiger partial charge in [-0.25, -0.2) is 0 Å². The first kappa shape index (κ1) is 14.8. The molecule has 0 saturated heterocycles. The molecule has 0 bridgehead atoms. The summed E-state index contributed by atoms with van der Waals surface area (Å²) in [6, 6.07) is 3.24. The summed E-state index contributed by atoms with van der Waals surface area (Å²) in [5.41, 5.74) is 0.326. The molecule has 0 heterocycles. The van der Waals surface area contributed by atoms with Crippen LogP contribution in [0.1, 0.15) is 19.4 Å². The number of rotatable bonds is 4. The van der Waals surface area contributed by atoms with Crippen LogP contribution in [0.5, 0.6) is 5.75 Å². The third-order valence-corrected chi connectivity index (χ3v) is 4.11. The van der Waals surface area contributed by atoms with Gasteiger partial charge in [-0.15, -0.1) is 13.7 Å². The van der Waals surface area contributed by atoms with Crippen molar-refractivity contribution >= 4 is 36.9 Å². The van der Waals surface area contributed by atoms with Gasteiger partial charge >= 0.3 is 0 Å². The van der Waals surface area contributed by atoms with Crippen molar-refractivity contribution in [3.05, 3.63) is 27.7 Å². The summed E-state index contributed by atoms with van der Waals surface area (Å²) in [5, 5.41) is 12.9. The van der Waals surface area contributed by atoms with Crippen LogP contribution in [-0.2, 0) is 0 Å². The number of ether oxygens (including phenoxy) is 1. The number of halogens is 2. The van der Waals surface area contributed by atoms with Crippen LogP contribution in [0.2, 0.25) is 10.0 Å². The molecule has 17 heavy (non-hydrogen) atoms. The van der Waals surface area contributed by atoms with Gasteiger partial charge in [0.2, 0.25) is 0 Å². The summed E-state index contributed by atoms with van der Waals surface area (Å²) in [7, 11) is 2.19. The molecule has 0 radical (unpaired) electrons. The molecule has 0 fully saturated rings. The average Bonchev–Trinajstić information content (AvgIpc) is 2.28. The Labute approximate surface area is 113 Å². The SMILES string of the molecule is COc1c(Cl)ccc(Cl)c1C([O-])=PCC(C)C. The second-order valence-electron chi connectivity index (χ2n) is 3.98. The second-order valence-corrected chi connectivity index (χ2v) is 5.88. The van der Waals surface area contributed by atoms with Gasteiger partial charge in [0.05, 0.1) is 17.2 Å². The summed E-state index contributed by atoms with van der Waals surface area (Å²) in [4.78, 5) is 0. The molecule has 0 aliphatic carbocycles. The highest BCUT2D eigenvalue weighted by Gasteiger charge is 2.11. The number of methoxy groups -OCH3 is 1. The van der Waals surface area contributed by atoms with E-state index in [-0.39, 0.29) is 5.48 Å². The lowest BCUT2D eigenvalue weighted by molar-refractivity contribution is -0.207. The molecule has 0 aliphatic heterocycles. The summed E-state index contributed by atoms with van der Waals surface area (Å²) < 4.78 is 5.14. The molecular weight excluding hydrogens is 278 g/mol. The molecular formula is C12H14Cl2O2P-. The normalized spacial score (nSPS) is 12.1. The zero-order chi connectivity index (χ0) is 13.0. The van der Waals surface area contributed by atoms with Crippen molar-refractivity contribution in [1.29, 1.82) is 0 Å². The average molecular weight is 292 g/mol. The van der Waals surface area contributed by atoms with Crippen LogP contribution in [-0.4, -0.2) is 18.8 Å². The summed E-state index contributed by atoms with van der Waals surface area (Å²) in [5.74, 6) is 0.824. The van der Waals surface area contributed by atoms with Crippen LogP contribution >= 0.6 is 31.4 Å². The molecule has 1 aromatic rings. The first-order valence-electron chi connectivity index (χ1n) is 5.21. The fourth-order valence-electron chi connectivity index (χ4n) is 1.28. The zero-order valence-corrected chi connectivity index (χ0v) is 12.4.